The number of amides is 1. The summed E-state index contributed by atoms with van der Waals surface area (Å²) >= 11 is 0. The van der Waals surface area contributed by atoms with Crippen LogP contribution in [0.25, 0.3) is 0 Å². The van der Waals surface area contributed by atoms with Crippen LogP contribution in [0.3, 0.4) is 0 Å². The molecule has 1 amide bonds. The number of ether oxygens (including phenoxy) is 3. The lowest BCUT2D eigenvalue weighted by Gasteiger charge is -2.19. The SMILES string of the molecule is C/C=C(\CN(OC(=O)OC)C(=O)OC)C(=O)OC. The van der Waals surface area contributed by atoms with Gasteiger partial charge < -0.3 is 14.2 Å². The van der Waals surface area contributed by atoms with Crippen molar-refractivity contribution < 1.29 is 33.4 Å². The van der Waals surface area contributed by atoms with E-state index >= 15 is 0 Å². The smallest absolute Gasteiger partial charge is 0.466 e. The fraction of sp³-hybridized carbons (Fsp3) is 0.500. The molecule has 0 spiro atoms. The number of nitrogens with zero attached hydrogens (tertiary/aromatic N) is 1. The molecule has 0 heterocycles. The third-order valence-corrected chi connectivity index (χ3v) is 1.84. The fourth-order valence-electron chi connectivity index (χ4n) is 0.923. The van der Waals surface area contributed by atoms with Gasteiger partial charge in [0.25, 0.3) is 0 Å². The number of carbonyl (C=O) groups is 3. The summed E-state index contributed by atoms with van der Waals surface area (Å²) < 4.78 is 13.1. The zero-order valence-electron chi connectivity index (χ0n) is 10.6. The van der Waals surface area contributed by atoms with Crippen LogP contribution in [0.1, 0.15) is 6.92 Å². The Bertz CT molecular complexity index is 350. The van der Waals surface area contributed by atoms with Crippen LogP contribution >= 0.6 is 0 Å². The van der Waals surface area contributed by atoms with Gasteiger partial charge in [0.15, 0.2) is 0 Å². The van der Waals surface area contributed by atoms with E-state index in [1.54, 1.807) is 6.92 Å². The van der Waals surface area contributed by atoms with E-state index in [0.717, 1.165) is 14.2 Å². The van der Waals surface area contributed by atoms with Crippen molar-refractivity contribution in [2.45, 2.75) is 6.92 Å². The molecular formula is C10H15NO7. The molecule has 0 radical (unpaired) electrons. The van der Waals surface area contributed by atoms with Gasteiger partial charge in [-0.05, 0) is 6.92 Å². The predicted molar refractivity (Wildman–Crippen MR) is 58.4 cm³/mol. The van der Waals surface area contributed by atoms with Crippen molar-refractivity contribution in [3.05, 3.63) is 11.6 Å². The van der Waals surface area contributed by atoms with Crippen molar-refractivity contribution in [2.24, 2.45) is 0 Å². The van der Waals surface area contributed by atoms with Gasteiger partial charge in [0.2, 0.25) is 0 Å². The van der Waals surface area contributed by atoms with Gasteiger partial charge in [-0.2, -0.15) is 0 Å². The summed E-state index contributed by atoms with van der Waals surface area (Å²) in [5, 5.41) is 0.540. The zero-order chi connectivity index (χ0) is 14.1. The molecule has 0 aliphatic heterocycles. The second kappa shape index (κ2) is 7.93. The van der Waals surface area contributed by atoms with E-state index < -0.39 is 18.2 Å². The molecule has 8 heteroatoms. The van der Waals surface area contributed by atoms with E-state index in [9.17, 15) is 14.4 Å². The molecule has 0 fully saturated rings. The molecule has 0 aromatic rings. The molecule has 0 aromatic heterocycles. The summed E-state index contributed by atoms with van der Waals surface area (Å²) in [5.41, 5.74) is 0.117. The van der Waals surface area contributed by atoms with E-state index in [-0.39, 0.29) is 12.1 Å². The normalized spacial score (nSPS) is 10.3. The highest BCUT2D eigenvalue weighted by atomic mass is 16.8. The molecule has 0 N–H and O–H groups in total. The van der Waals surface area contributed by atoms with Crippen LogP contribution < -0.4 is 0 Å². The fourth-order valence-corrected chi connectivity index (χ4v) is 0.923. The molecule has 0 saturated heterocycles. The minimum absolute atomic E-state index is 0.117. The molecule has 102 valence electrons. The van der Waals surface area contributed by atoms with Crippen molar-refractivity contribution in [3.63, 3.8) is 0 Å². The van der Waals surface area contributed by atoms with Crippen LogP contribution in [0.4, 0.5) is 9.59 Å². The van der Waals surface area contributed by atoms with E-state index in [1.165, 1.54) is 13.2 Å². The second-order valence-corrected chi connectivity index (χ2v) is 2.86. The Hall–Kier alpha value is -2.25. The van der Waals surface area contributed by atoms with Crippen molar-refractivity contribution >= 4 is 18.2 Å². The van der Waals surface area contributed by atoms with Crippen molar-refractivity contribution in [1.29, 1.82) is 0 Å². The average Bonchev–Trinajstić information content (AvgIpc) is 2.41. The Morgan fingerprint density at radius 1 is 1.06 bits per heavy atom. The summed E-state index contributed by atoms with van der Waals surface area (Å²) in [7, 11) is 3.37. The Kier molecular flexibility index (Phi) is 6.94. The zero-order valence-corrected chi connectivity index (χ0v) is 10.6. The molecule has 0 saturated carbocycles. The molecule has 0 bridgehead atoms. The number of hydroxylamine groups is 2. The highest BCUT2D eigenvalue weighted by Gasteiger charge is 2.23. The number of carbonyl (C=O) groups excluding carboxylic acids is 3. The second-order valence-electron chi connectivity index (χ2n) is 2.86. The molecule has 8 nitrogen and oxygen atoms in total. The van der Waals surface area contributed by atoms with E-state index in [4.69, 9.17) is 0 Å². The molecular weight excluding hydrogens is 246 g/mol. The van der Waals surface area contributed by atoms with Gasteiger partial charge in [0.05, 0.1) is 33.4 Å². The first-order valence-corrected chi connectivity index (χ1v) is 4.85. The summed E-state index contributed by atoms with van der Waals surface area (Å²) in [4.78, 5) is 38.1. The van der Waals surface area contributed by atoms with Gasteiger partial charge in [-0.15, -0.1) is 5.06 Å². The van der Waals surface area contributed by atoms with Gasteiger partial charge in [0.1, 0.15) is 0 Å². The minimum atomic E-state index is -1.11. The number of rotatable bonds is 3. The van der Waals surface area contributed by atoms with Crippen LogP contribution in [0.2, 0.25) is 0 Å². The summed E-state index contributed by atoms with van der Waals surface area (Å²) in [6.07, 6.45) is -0.646. The standard InChI is InChI=1S/C10H15NO7/c1-5-7(8(12)15-2)6-11(9(13)16-3)18-10(14)17-4/h5H,6H2,1-4H3/b7-5+. The molecule has 0 aliphatic rings. The van der Waals surface area contributed by atoms with E-state index in [2.05, 4.69) is 19.0 Å². The summed E-state index contributed by atoms with van der Waals surface area (Å²) in [6, 6.07) is 0. The van der Waals surface area contributed by atoms with Gasteiger partial charge in [0, 0.05) is 0 Å². The van der Waals surface area contributed by atoms with E-state index in [1.807, 2.05) is 0 Å². The monoisotopic (exact) mass is 261 g/mol. The first-order valence-electron chi connectivity index (χ1n) is 4.85. The van der Waals surface area contributed by atoms with Crippen LogP contribution in [0.15, 0.2) is 11.6 Å². The van der Waals surface area contributed by atoms with Crippen LogP contribution in [0, 0.1) is 0 Å². The highest BCUT2D eigenvalue weighted by molar-refractivity contribution is 5.89. The quantitative estimate of drug-likeness (QED) is 0.322. The number of methoxy groups -OCH3 is 3. The highest BCUT2D eigenvalue weighted by Crippen LogP contribution is 2.05. The van der Waals surface area contributed by atoms with E-state index in [0.29, 0.717) is 5.06 Å². The van der Waals surface area contributed by atoms with Gasteiger partial charge in [-0.3, -0.25) is 4.84 Å². The number of hydrogen-bond donors (Lipinski definition) is 0. The lowest BCUT2D eigenvalue weighted by atomic mass is 10.2. The molecule has 0 unspecified atom stereocenters. The van der Waals surface area contributed by atoms with Crippen molar-refractivity contribution in [3.8, 4) is 0 Å². The number of allylic oxidation sites excluding steroid dienone is 1. The molecule has 0 aromatic carbocycles. The predicted octanol–water partition coefficient (Wildman–Crippen LogP) is 0.872. The van der Waals surface area contributed by atoms with Crippen LogP contribution in [-0.4, -0.2) is 51.2 Å². The molecule has 0 rings (SSSR count). The first kappa shape index (κ1) is 15.8. The Morgan fingerprint density at radius 2 is 1.67 bits per heavy atom. The lowest BCUT2D eigenvalue weighted by molar-refractivity contribution is -0.138. The Balaban J connectivity index is 4.82. The third kappa shape index (κ3) is 4.73. The van der Waals surface area contributed by atoms with Crippen molar-refractivity contribution in [2.75, 3.05) is 27.9 Å². The van der Waals surface area contributed by atoms with Crippen molar-refractivity contribution in [1.82, 2.24) is 5.06 Å². The van der Waals surface area contributed by atoms with Crippen LogP contribution in [0.5, 0.6) is 0 Å². The summed E-state index contributed by atoms with van der Waals surface area (Å²) in [6.45, 7) is 1.25. The van der Waals surface area contributed by atoms with Crippen LogP contribution in [-0.2, 0) is 23.8 Å². The average molecular weight is 261 g/mol. The number of hydrogen-bond acceptors (Lipinski definition) is 7. The molecule has 0 aliphatic carbocycles. The Labute approximate surface area is 104 Å². The Morgan fingerprint density at radius 3 is 2.06 bits per heavy atom. The molecule has 18 heavy (non-hydrogen) atoms. The van der Waals surface area contributed by atoms with Gasteiger partial charge in [-0.1, -0.05) is 6.08 Å². The maximum absolute atomic E-state index is 11.3. The largest absolute Gasteiger partial charge is 0.533 e. The topological polar surface area (TPSA) is 91.4 Å². The maximum Gasteiger partial charge on any atom is 0.533 e. The number of esters is 1. The minimum Gasteiger partial charge on any atom is -0.466 e. The van der Waals surface area contributed by atoms with Gasteiger partial charge in [-0.25, -0.2) is 14.4 Å². The lowest BCUT2D eigenvalue weighted by Crippen LogP contribution is -2.36. The maximum atomic E-state index is 11.3. The first-order chi connectivity index (χ1) is 8.49. The van der Waals surface area contributed by atoms with Gasteiger partial charge >= 0.3 is 18.2 Å². The molecule has 0 atom stereocenters. The third-order valence-electron chi connectivity index (χ3n) is 1.84. The summed E-state index contributed by atoms with van der Waals surface area (Å²) in [5.74, 6) is -0.653.